The summed E-state index contributed by atoms with van der Waals surface area (Å²) in [6, 6.07) is 0. The number of nitrogens with zero attached hydrogens (tertiary/aromatic N) is 1. The molecule has 0 heterocycles. The summed E-state index contributed by atoms with van der Waals surface area (Å²) in [5.41, 5.74) is -0.585. The summed E-state index contributed by atoms with van der Waals surface area (Å²) >= 11 is 0. The van der Waals surface area contributed by atoms with Crippen LogP contribution in [-0.2, 0) is 14.3 Å². The van der Waals surface area contributed by atoms with Crippen molar-refractivity contribution in [1.29, 1.82) is 0 Å². The molecule has 1 N–H and O–H groups in total. The first-order chi connectivity index (χ1) is 11.3. The molecule has 0 rings (SSSR count). The van der Waals surface area contributed by atoms with Crippen molar-refractivity contribution in [3.05, 3.63) is 0 Å². The SMILES string of the molecule is CC(C)(CC(C)(C)S(=O)(=O)O)C[N+](C)(C)C(C)(C)CC(C)(C)OS(C)(C)C. The van der Waals surface area contributed by atoms with Crippen LogP contribution in [-0.4, -0.2) is 72.7 Å². The molecule has 0 radical (unpaired) electrons. The van der Waals surface area contributed by atoms with E-state index < -0.39 is 25.2 Å². The fraction of sp³-hybridized carbons (Fsp3) is 1.00. The Bertz CT molecular complexity index is 612. The Hall–Kier alpha value is 0.180. The Labute approximate surface area is 171 Å². The molecule has 0 aliphatic rings. The molecule has 0 aromatic heterocycles. The smallest absolute Gasteiger partial charge is 0.270 e. The molecule has 0 spiro atoms. The van der Waals surface area contributed by atoms with Crippen LogP contribution in [0.1, 0.15) is 68.2 Å². The first kappa shape index (κ1) is 27.2. The van der Waals surface area contributed by atoms with Crippen LogP contribution in [0.15, 0.2) is 0 Å². The highest BCUT2D eigenvalue weighted by Crippen LogP contribution is 2.45. The van der Waals surface area contributed by atoms with Crippen LogP contribution in [0.5, 0.6) is 0 Å². The van der Waals surface area contributed by atoms with Gasteiger partial charge in [-0.3, -0.25) is 4.55 Å². The van der Waals surface area contributed by atoms with E-state index in [1.54, 1.807) is 13.8 Å². The molecule has 0 aliphatic heterocycles. The Balaban J connectivity index is 5.48. The maximum atomic E-state index is 11.7. The van der Waals surface area contributed by atoms with E-state index >= 15 is 0 Å². The lowest BCUT2D eigenvalue weighted by atomic mass is 9.79. The van der Waals surface area contributed by atoms with Crippen LogP contribution in [0.2, 0.25) is 0 Å². The lowest BCUT2D eigenvalue weighted by Crippen LogP contribution is -2.62. The molecule has 0 aliphatic carbocycles. The third-order valence-corrected chi connectivity index (χ3v) is 7.89. The van der Waals surface area contributed by atoms with Gasteiger partial charge in [-0.25, -0.2) is 0 Å². The maximum Gasteiger partial charge on any atom is 0.270 e. The van der Waals surface area contributed by atoms with Crippen molar-refractivity contribution in [3.8, 4) is 0 Å². The molecule has 7 heteroatoms. The molecule has 0 atom stereocenters. The van der Waals surface area contributed by atoms with Crippen molar-refractivity contribution in [2.45, 2.75) is 84.1 Å². The molecule has 5 nitrogen and oxygen atoms in total. The zero-order valence-electron chi connectivity index (χ0n) is 20.1. The fourth-order valence-corrected chi connectivity index (χ4v) is 6.53. The molecule has 0 aromatic carbocycles. The molecule has 0 saturated heterocycles. The van der Waals surface area contributed by atoms with Crippen molar-refractivity contribution in [1.82, 2.24) is 0 Å². The summed E-state index contributed by atoms with van der Waals surface area (Å²) in [5.74, 6) is 0. The summed E-state index contributed by atoms with van der Waals surface area (Å²) in [6.45, 7) is 16.9. The molecule has 0 bridgehead atoms. The Morgan fingerprint density at radius 3 is 1.59 bits per heavy atom. The van der Waals surface area contributed by atoms with Crippen molar-refractivity contribution in [2.24, 2.45) is 5.41 Å². The van der Waals surface area contributed by atoms with Crippen LogP contribution in [0.4, 0.5) is 0 Å². The molecule has 166 valence electrons. The van der Waals surface area contributed by atoms with Gasteiger partial charge < -0.3 is 8.67 Å². The molecule has 0 aromatic rings. The Kier molecular flexibility index (Phi) is 7.84. The van der Waals surface area contributed by atoms with E-state index in [-0.39, 0.29) is 16.6 Å². The van der Waals surface area contributed by atoms with Crippen molar-refractivity contribution >= 4 is 20.4 Å². The second kappa shape index (κ2) is 7.78. The summed E-state index contributed by atoms with van der Waals surface area (Å²) in [7, 11) is -0.783. The quantitative estimate of drug-likeness (QED) is 0.404. The molecule has 27 heavy (non-hydrogen) atoms. The van der Waals surface area contributed by atoms with Crippen molar-refractivity contribution < 1.29 is 21.6 Å². The second-order valence-electron chi connectivity index (χ2n) is 12.0. The van der Waals surface area contributed by atoms with Gasteiger partial charge in [-0.15, -0.1) is 10.3 Å². The largest absolute Gasteiger partial charge is 0.331 e. The second-order valence-corrected chi connectivity index (χ2v) is 17.6. The van der Waals surface area contributed by atoms with E-state index in [4.69, 9.17) is 4.18 Å². The first-order valence-electron chi connectivity index (χ1n) is 9.52. The highest BCUT2D eigenvalue weighted by atomic mass is 32.3. The van der Waals surface area contributed by atoms with Crippen LogP contribution >= 0.6 is 10.3 Å². The minimum atomic E-state index is -4.10. The predicted octanol–water partition coefficient (Wildman–Crippen LogP) is 4.72. The van der Waals surface area contributed by atoms with Gasteiger partial charge in [-0.1, -0.05) is 13.8 Å². The number of quaternary nitrogens is 1. The highest BCUT2D eigenvalue weighted by Gasteiger charge is 2.47. The standard InChI is InChI=1S/C20H45NO4S2/c1-17(2,14-20(7,8)27(22,23)24)16-21(9,10)18(3,4)15-19(5,6)25-26(11,12)13/h14-16H2,1-13H3/p+1. The normalized spacial score (nSPS) is 16.5. The zero-order chi connectivity index (χ0) is 22.3. The molecular weight excluding hydrogens is 382 g/mol. The minimum absolute atomic E-state index is 0.0757. The molecule has 0 fully saturated rings. The molecular formula is C20H46NO4S2+. The number of hydrogen-bond acceptors (Lipinski definition) is 3. The van der Waals surface area contributed by atoms with Gasteiger partial charge in [0.25, 0.3) is 10.1 Å². The minimum Gasteiger partial charge on any atom is -0.331 e. The molecule has 0 unspecified atom stereocenters. The van der Waals surface area contributed by atoms with Crippen LogP contribution in [0, 0.1) is 5.41 Å². The van der Waals surface area contributed by atoms with E-state index in [1.165, 1.54) is 0 Å². The third-order valence-electron chi connectivity index (χ3n) is 5.40. The fourth-order valence-electron chi connectivity index (χ4n) is 4.55. The number of hydrogen-bond donors (Lipinski definition) is 1. The van der Waals surface area contributed by atoms with Crippen LogP contribution < -0.4 is 0 Å². The van der Waals surface area contributed by atoms with Crippen molar-refractivity contribution in [2.75, 3.05) is 39.4 Å². The van der Waals surface area contributed by atoms with Gasteiger partial charge in [0.15, 0.2) is 0 Å². The average molecular weight is 429 g/mol. The Morgan fingerprint density at radius 2 is 1.26 bits per heavy atom. The van der Waals surface area contributed by atoms with E-state index in [1.807, 2.05) is 0 Å². The Morgan fingerprint density at radius 1 is 0.852 bits per heavy atom. The summed E-state index contributed by atoms with van der Waals surface area (Å²) < 4.78 is 39.0. The van der Waals surface area contributed by atoms with Gasteiger partial charge >= 0.3 is 0 Å². The topological polar surface area (TPSA) is 63.6 Å². The lowest BCUT2D eigenvalue weighted by Gasteiger charge is -2.52. The van der Waals surface area contributed by atoms with E-state index in [0.29, 0.717) is 6.42 Å². The average Bonchev–Trinajstić information content (AvgIpc) is 2.16. The van der Waals surface area contributed by atoms with Gasteiger partial charge in [0.05, 0.1) is 36.5 Å². The van der Waals surface area contributed by atoms with E-state index in [0.717, 1.165) is 17.4 Å². The monoisotopic (exact) mass is 428 g/mol. The number of rotatable bonds is 10. The van der Waals surface area contributed by atoms with Crippen molar-refractivity contribution in [3.63, 3.8) is 0 Å². The van der Waals surface area contributed by atoms with Crippen LogP contribution in [0.25, 0.3) is 0 Å². The summed E-state index contributed by atoms with van der Waals surface area (Å²) in [6.07, 6.45) is 7.74. The maximum absolute atomic E-state index is 11.7. The lowest BCUT2D eigenvalue weighted by molar-refractivity contribution is -0.944. The van der Waals surface area contributed by atoms with Gasteiger partial charge in [-0.05, 0) is 66.7 Å². The van der Waals surface area contributed by atoms with E-state index in [2.05, 4.69) is 74.4 Å². The highest BCUT2D eigenvalue weighted by molar-refractivity contribution is 8.28. The van der Waals surface area contributed by atoms with E-state index in [9.17, 15) is 13.0 Å². The first-order valence-corrected chi connectivity index (χ1v) is 13.7. The predicted molar refractivity (Wildman–Crippen MR) is 120 cm³/mol. The van der Waals surface area contributed by atoms with Gasteiger partial charge in [-0.2, -0.15) is 8.42 Å². The van der Waals surface area contributed by atoms with Gasteiger partial charge in [0.2, 0.25) is 0 Å². The third kappa shape index (κ3) is 8.60. The molecule has 0 saturated carbocycles. The van der Waals surface area contributed by atoms with Crippen LogP contribution in [0.3, 0.4) is 0 Å². The summed E-state index contributed by atoms with van der Waals surface area (Å²) in [5, 5.41) is 0. The summed E-state index contributed by atoms with van der Waals surface area (Å²) in [4.78, 5) is 0. The zero-order valence-corrected chi connectivity index (χ0v) is 21.7. The van der Waals surface area contributed by atoms with Gasteiger partial charge in [0.1, 0.15) is 0 Å². The van der Waals surface area contributed by atoms with Gasteiger partial charge in [0, 0.05) is 11.8 Å². The molecule has 0 amide bonds.